The summed E-state index contributed by atoms with van der Waals surface area (Å²) < 4.78 is 6.06. The molecule has 4 heteroatoms. The molecule has 0 spiro atoms. The van der Waals surface area contributed by atoms with Gasteiger partial charge in [-0.2, -0.15) is 0 Å². The molecule has 116 valence electrons. The van der Waals surface area contributed by atoms with Crippen LogP contribution in [0.5, 0.6) is 5.75 Å². The van der Waals surface area contributed by atoms with Gasteiger partial charge in [0.05, 0.1) is 12.2 Å². The second-order valence-corrected chi connectivity index (χ2v) is 6.18. The number of anilines is 1. The number of hydrogen-bond acceptors (Lipinski definition) is 3. The van der Waals surface area contributed by atoms with Crippen LogP contribution in [-0.2, 0) is 11.2 Å². The van der Waals surface area contributed by atoms with Gasteiger partial charge in [-0.3, -0.25) is 4.79 Å². The zero-order valence-corrected chi connectivity index (χ0v) is 13.1. The van der Waals surface area contributed by atoms with Crippen molar-refractivity contribution < 1.29 is 14.6 Å². The zero-order valence-electron chi connectivity index (χ0n) is 13.1. The second-order valence-electron chi connectivity index (χ2n) is 6.18. The predicted octanol–water partition coefficient (Wildman–Crippen LogP) is 3.34. The highest BCUT2D eigenvalue weighted by atomic mass is 16.5. The van der Waals surface area contributed by atoms with Crippen molar-refractivity contribution in [2.75, 3.05) is 18.5 Å². The Labute approximate surface area is 126 Å². The molecule has 0 aromatic heterocycles. The van der Waals surface area contributed by atoms with E-state index in [9.17, 15) is 4.79 Å². The smallest absolute Gasteiger partial charge is 0.303 e. The predicted molar refractivity (Wildman–Crippen MR) is 84.2 cm³/mol. The Morgan fingerprint density at radius 1 is 1.43 bits per heavy atom. The summed E-state index contributed by atoms with van der Waals surface area (Å²) in [5.74, 6) is 0.737. The van der Waals surface area contributed by atoms with E-state index in [-0.39, 0.29) is 12.5 Å². The third-order valence-electron chi connectivity index (χ3n) is 4.02. The SMILES string of the molecule is CC(C)C1CN(C)c2cc(CCCCC(=O)O)ccc2O1. The summed E-state index contributed by atoms with van der Waals surface area (Å²) in [7, 11) is 2.10. The van der Waals surface area contributed by atoms with Gasteiger partial charge >= 0.3 is 5.97 Å². The average molecular weight is 291 g/mol. The molecule has 0 aliphatic carbocycles. The van der Waals surface area contributed by atoms with Gasteiger partial charge in [0.15, 0.2) is 0 Å². The number of carboxylic acids is 1. The molecule has 0 saturated heterocycles. The van der Waals surface area contributed by atoms with E-state index in [1.807, 2.05) is 6.07 Å². The average Bonchev–Trinajstić information content (AvgIpc) is 2.43. The first-order valence-electron chi connectivity index (χ1n) is 7.70. The van der Waals surface area contributed by atoms with Gasteiger partial charge < -0.3 is 14.7 Å². The molecule has 1 aliphatic heterocycles. The maximum atomic E-state index is 10.5. The van der Waals surface area contributed by atoms with Crippen molar-refractivity contribution >= 4 is 11.7 Å². The van der Waals surface area contributed by atoms with Crippen LogP contribution < -0.4 is 9.64 Å². The molecule has 0 saturated carbocycles. The molecular weight excluding hydrogens is 266 g/mol. The van der Waals surface area contributed by atoms with Crippen LogP contribution in [0.3, 0.4) is 0 Å². The number of carboxylic acid groups (broad SMARTS) is 1. The van der Waals surface area contributed by atoms with Gasteiger partial charge in [-0.15, -0.1) is 0 Å². The van der Waals surface area contributed by atoms with Gasteiger partial charge in [-0.05, 0) is 42.9 Å². The molecule has 1 aromatic rings. The maximum absolute atomic E-state index is 10.5. The third kappa shape index (κ3) is 4.13. The number of hydrogen-bond donors (Lipinski definition) is 1. The normalized spacial score (nSPS) is 17.5. The molecule has 1 unspecified atom stereocenters. The summed E-state index contributed by atoms with van der Waals surface area (Å²) in [6.07, 6.45) is 3.05. The largest absolute Gasteiger partial charge is 0.486 e. The number of rotatable bonds is 6. The van der Waals surface area contributed by atoms with Crippen LogP contribution in [0.1, 0.15) is 38.7 Å². The standard InChI is InChI=1S/C17H25NO3/c1-12(2)16-11-18(3)14-10-13(8-9-15(14)21-16)6-4-5-7-17(19)20/h8-10,12,16H,4-7,11H2,1-3H3,(H,19,20). The molecule has 0 radical (unpaired) electrons. The molecule has 2 rings (SSSR count). The fourth-order valence-corrected chi connectivity index (χ4v) is 2.64. The quantitative estimate of drug-likeness (QED) is 0.817. The number of unbranched alkanes of at least 4 members (excludes halogenated alkanes) is 1. The maximum Gasteiger partial charge on any atom is 0.303 e. The van der Waals surface area contributed by atoms with E-state index in [0.29, 0.717) is 5.92 Å². The number of carbonyl (C=O) groups is 1. The molecule has 1 aliphatic rings. The van der Waals surface area contributed by atoms with Crippen molar-refractivity contribution in [3.63, 3.8) is 0 Å². The minimum absolute atomic E-state index is 0.240. The van der Waals surface area contributed by atoms with Crippen molar-refractivity contribution in [2.24, 2.45) is 5.92 Å². The fourth-order valence-electron chi connectivity index (χ4n) is 2.64. The van der Waals surface area contributed by atoms with E-state index >= 15 is 0 Å². The zero-order chi connectivity index (χ0) is 15.4. The molecule has 1 N–H and O–H groups in total. The third-order valence-corrected chi connectivity index (χ3v) is 4.02. The van der Waals surface area contributed by atoms with Crippen molar-refractivity contribution in [1.82, 2.24) is 0 Å². The highest BCUT2D eigenvalue weighted by Gasteiger charge is 2.25. The first-order chi connectivity index (χ1) is 9.97. The molecule has 21 heavy (non-hydrogen) atoms. The van der Waals surface area contributed by atoms with Crippen LogP contribution in [0.15, 0.2) is 18.2 Å². The number of ether oxygens (including phenoxy) is 1. The van der Waals surface area contributed by atoms with E-state index in [1.165, 1.54) is 5.56 Å². The minimum atomic E-state index is -0.715. The summed E-state index contributed by atoms with van der Waals surface area (Å²) >= 11 is 0. The fraction of sp³-hybridized carbons (Fsp3) is 0.588. The number of fused-ring (bicyclic) bond motifs is 1. The lowest BCUT2D eigenvalue weighted by Crippen LogP contribution is -2.40. The molecule has 0 bridgehead atoms. The lowest BCUT2D eigenvalue weighted by Gasteiger charge is -2.36. The van der Waals surface area contributed by atoms with Gasteiger partial charge in [0.25, 0.3) is 0 Å². The Kier molecular flexibility index (Phi) is 5.10. The highest BCUT2D eigenvalue weighted by molar-refractivity contribution is 5.66. The van der Waals surface area contributed by atoms with Gasteiger partial charge in [0.2, 0.25) is 0 Å². The lowest BCUT2D eigenvalue weighted by atomic mass is 10.0. The Morgan fingerprint density at radius 3 is 2.86 bits per heavy atom. The van der Waals surface area contributed by atoms with E-state index in [4.69, 9.17) is 9.84 Å². The Bertz CT molecular complexity index is 499. The molecule has 1 aromatic carbocycles. The Morgan fingerprint density at radius 2 is 2.19 bits per heavy atom. The van der Waals surface area contributed by atoms with Crippen LogP contribution in [0.25, 0.3) is 0 Å². The minimum Gasteiger partial charge on any atom is -0.486 e. The van der Waals surface area contributed by atoms with Crippen LogP contribution in [0.2, 0.25) is 0 Å². The Hall–Kier alpha value is -1.71. The summed E-state index contributed by atoms with van der Waals surface area (Å²) in [5, 5.41) is 8.65. The lowest BCUT2D eigenvalue weighted by molar-refractivity contribution is -0.137. The van der Waals surface area contributed by atoms with Gasteiger partial charge in [0.1, 0.15) is 11.9 Å². The number of nitrogens with zero attached hydrogens (tertiary/aromatic N) is 1. The van der Waals surface area contributed by atoms with E-state index in [0.717, 1.165) is 37.2 Å². The van der Waals surface area contributed by atoms with Crippen LogP contribution >= 0.6 is 0 Å². The van der Waals surface area contributed by atoms with Gasteiger partial charge in [-0.25, -0.2) is 0 Å². The van der Waals surface area contributed by atoms with Crippen molar-refractivity contribution in [1.29, 1.82) is 0 Å². The molecule has 0 fully saturated rings. The number of aliphatic carboxylic acids is 1. The summed E-state index contributed by atoms with van der Waals surface area (Å²) in [6, 6.07) is 6.32. The van der Waals surface area contributed by atoms with Crippen molar-refractivity contribution in [3.8, 4) is 5.75 Å². The number of benzene rings is 1. The summed E-state index contributed by atoms with van der Waals surface area (Å²) in [6.45, 7) is 5.27. The van der Waals surface area contributed by atoms with E-state index in [1.54, 1.807) is 0 Å². The van der Waals surface area contributed by atoms with Crippen LogP contribution in [0.4, 0.5) is 5.69 Å². The van der Waals surface area contributed by atoms with Crippen LogP contribution in [0, 0.1) is 5.92 Å². The van der Waals surface area contributed by atoms with Crippen molar-refractivity contribution in [2.45, 2.75) is 45.6 Å². The topological polar surface area (TPSA) is 49.8 Å². The van der Waals surface area contributed by atoms with E-state index in [2.05, 4.69) is 37.9 Å². The molecular formula is C17H25NO3. The summed E-state index contributed by atoms with van der Waals surface area (Å²) in [4.78, 5) is 12.8. The first kappa shape index (κ1) is 15.7. The molecule has 1 atom stereocenters. The monoisotopic (exact) mass is 291 g/mol. The Balaban J connectivity index is 1.99. The molecule has 1 heterocycles. The highest BCUT2D eigenvalue weighted by Crippen LogP contribution is 2.35. The van der Waals surface area contributed by atoms with Crippen LogP contribution in [-0.4, -0.2) is 30.8 Å². The summed E-state index contributed by atoms with van der Waals surface area (Å²) in [5.41, 5.74) is 2.39. The number of likely N-dealkylation sites (N-methyl/N-ethyl adjacent to an activating group) is 1. The second kappa shape index (κ2) is 6.83. The molecule has 0 amide bonds. The van der Waals surface area contributed by atoms with E-state index < -0.39 is 5.97 Å². The van der Waals surface area contributed by atoms with Crippen molar-refractivity contribution in [3.05, 3.63) is 23.8 Å². The first-order valence-corrected chi connectivity index (χ1v) is 7.70. The van der Waals surface area contributed by atoms with Gasteiger partial charge in [0, 0.05) is 13.5 Å². The molecule has 4 nitrogen and oxygen atoms in total. The number of aryl methyl sites for hydroxylation is 1. The van der Waals surface area contributed by atoms with Gasteiger partial charge in [-0.1, -0.05) is 19.9 Å².